The van der Waals surface area contributed by atoms with Crippen LogP contribution in [-0.4, -0.2) is 39.6 Å². The third kappa shape index (κ3) is 5.60. The first-order valence-corrected chi connectivity index (χ1v) is 18.9. The summed E-state index contributed by atoms with van der Waals surface area (Å²) in [6.07, 6.45) is 12.3. The van der Waals surface area contributed by atoms with Gasteiger partial charge in [0.05, 0.1) is 22.9 Å². The summed E-state index contributed by atoms with van der Waals surface area (Å²) in [5.41, 5.74) is 4.22. The predicted molar refractivity (Wildman–Crippen MR) is 192 cm³/mol. The molecular formula is C42H60N2O5. The Hall–Kier alpha value is -2.96. The fraction of sp³-hybridized carbons (Fsp3) is 0.714. The van der Waals surface area contributed by atoms with E-state index >= 15 is 0 Å². The molecule has 0 spiro atoms. The van der Waals surface area contributed by atoms with Crippen molar-refractivity contribution in [3.8, 4) is 0 Å². The Morgan fingerprint density at radius 3 is 2.37 bits per heavy atom. The minimum atomic E-state index is -1.15. The van der Waals surface area contributed by atoms with Crippen molar-refractivity contribution in [1.29, 1.82) is 0 Å². The Bertz CT molecular complexity index is 1590. The summed E-state index contributed by atoms with van der Waals surface area (Å²) in [6.45, 7) is 24.0. The van der Waals surface area contributed by atoms with Crippen molar-refractivity contribution >= 4 is 17.8 Å². The topological polar surface area (TPSA) is 106 Å². The number of fused-ring (bicyclic) bond motifs is 7. The van der Waals surface area contributed by atoms with Gasteiger partial charge in [-0.25, -0.2) is 0 Å². The summed E-state index contributed by atoms with van der Waals surface area (Å²) >= 11 is 0. The first kappa shape index (κ1) is 35.9. The second-order valence-electron chi connectivity index (χ2n) is 18.7. The molecule has 1 aromatic heterocycles. The van der Waals surface area contributed by atoms with Crippen molar-refractivity contribution in [3.05, 3.63) is 52.9 Å². The molecule has 7 heteroatoms. The summed E-state index contributed by atoms with van der Waals surface area (Å²) in [5.74, 6) is 0.873. The van der Waals surface area contributed by atoms with E-state index < -0.39 is 17.4 Å². The Balaban J connectivity index is 1.27. The highest BCUT2D eigenvalue weighted by Gasteiger charge is 2.66. The fourth-order valence-electron chi connectivity index (χ4n) is 12.5. The average Bonchev–Trinajstić information content (AvgIpc) is 3.30. The maximum Gasteiger partial charge on any atom is 0.309 e. The second-order valence-corrected chi connectivity index (χ2v) is 18.7. The van der Waals surface area contributed by atoms with Gasteiger partial charge in [0.25, 0.3) is 5.91 Å². The van der Waals surface area contributed by atoms with Crippen LogP contribution in [0.15, 0.2) is 41.8 Å². The molecule has 7 nitrogen and oxygen atoms in total. The summed E-state index contributed by atoms with van der Waals surface area (Å²) in [4.78, 5) is 42.9. The first-order valence-electron chi connectivity index (χ1n) is 18.9. The van der Waals surface area contributed by atoms with Crippen LogP contribution >= 0.6 is 0 Å². The number of nitrogens with one attached hydrogen (secondary N) is 1. The number of aryl methyl sites for hydroxylation is 1. The first-order chi connectivity index (χ1) is 22.8. The molecule has 1 amide bonds. The van der Waals surface area contributed by atoms with Crippen LogP contribution in [0.5, 0.6) is 0 Å². The van der Waals surface area contributed by atoms with Gasteiger partial charge in [0.2, 0.25) is 0 Å². The molecular weight excluding hydrogens is 612 g/mol. The lowest BCUT2D eigenvalue weighted by Gasteiger charge is -2.68. The van der Waals surface area contributed by atoms with E-state index in [4.69, 9.17) is 4.74 Å². The lowest BCUT2D eigenvalue weighted by atomic mass is 9.37. The number of hydrogen-bond donors (Lipinski definition) is 2. The van der Waals surface area contributed by atoms with E-state index in [-0.39, 0.29) is 40.2 Å². The molecule has 268 valence electrons. The molecule has 0 aliphatic heterocycles. The maximum absolute atomic E-state index is 13.9. The molecule has 4 saturated carbocycles. The van der Waals surface area contributed by atoms with Crippen molar-refractivity contribution in [2.75, 3.05) is 0 Å². The van der Waals surface area contributed by atoms with E-state index in [9.17, 15) is 19.5 Å². The lowest BCUT2D eigenvalue weighted by Crippen LogP contribution is -2.64. The molecule has 8 unspecified atom stereocenters. The van der Waals surface area contributed by atoms with E-state index in [0.717, 1.165) is 63.4 Å². The predicted octanol–water partition coefficient (Wildman–Crippen LogP) is 8.86. The SMILES string of the molecule is C=C1CC2(NC(=O)c3cnccc3C)CCC3C(CCC4C3(C)CCC3C(C)(C)C(OC(=O)CC(C)(C)C(=O)O)CCC34C)C2=C1C(C)C. The van der Waals surface area contributed by atoms with E-state index in [1.807, 2.05) is 13.0 Å². The smallest absolute Gasteiger partial charge is 0.309 e. The third-order valence-electron chi connectivity index (χ3n) is 14.7. The Labute approximate surface area is 294 Å². The Morgan fingerprint density at radius 1 is 1.02 bits per heavy atom. The van der Waals surface area contributed by atoms with Crippen LogP contribution in [-0.2, 0) is 14.3 Å². The lowest BCUT2D eigenvalue weighted by molar-refractivity contribution is -0.213. The number of aromatic nitrogens is 1. The van der Waals surface area contributed by atoms with Gasteiger partial charge < -0.3 is 15.2 Å². The number of allylic oxidation sites excluding steroid dienone is 1. The van der Waals surface area contributed by atoms with Gasteiger partial charge >= 0.3 is 11.9 Å². The molecule has 49 heavy (non-hydrogen) atoms. The normalized spacial score (nSPS) is 36.7. The molecule has 0 bridgehead atoms. The van der Waals surface area contributed by atoms with Crippen LogP contribution in [0.2, 0.25) is 0 Å². The minimum Gasteiger partial charge on any atom is -0.481 e. The quantitative estimate of drug-likeness (QED) is 0.281. The number of aliphatic carboxylic acids is 1. The number of carboxylic acids is 1. The van der Waals surface area contributed by atoms with E-state index in [1.54, 1.807) is 26.2 Å². The molecule has 0 saturated heterocycles. The molecule has 4 fully saturated rings. The van der Waals surface area contributed by atoms with Crippen molar-refractivity contribution < 1.29 is 24.2 Å². The highest BCUT2D eigenvalue weighted by Crippen LogP contribution is 2.72. The zero-order chi connectivity index (χ0) is 35.9. The zero-order valence-corrected chi connectivity index (χ0v) is 31.5. The number of ether oxygens (including phenoxy) is 1. The van der Waals surface area contributed by atoms with Crippen LogP contribution in [0.3, 0.4) is 0 Å². The van der Waals surface area contributed by atoms with Crippen molar-refractivity contribution in [3.63, 3.8) is 0 Å². The van der Waals surface area contributed by atoms with Gasteiger partial charge in [-0.2, -0.15) is 0 Å². The monoisotopic (exact) mass is 672 g/mol. The molecule has 5 aliphatic carbocycles. The third-order valence-corrected chi connectivity index (χ3v) is 14.7. The van der Waals surface area contributed by atoms with Crippen LogP contribution in [0, 0.1) is 58.2 Å². The van der Waals surface area contributed by atoms with Crippen molar-refractivity contribution in [2.45, 2.75) is 138 Å². The summed E-state index contributed by atoms with van der Waals surface area (Å²) in [6, 6.07) is 1.91. The van der Waals surface area contributed by atoms with Gasteiger partial charge in [0.15, 0.2) is 0 Å². The standard InChI is InChI=1S/C42H60N2O5/c1-24(2)34-26(4)21-42(44-36(46)28-23-43-20-16-25(28)3)19-13-29-27(35(34)42)11-12-31-40(29,9)17-14-30-39(7,8)32(15-18-41(30,31)10)49-33(45)22-38(5,6)37(47)48/h16,20,23-24,27,29-32H,4,11-15,17-19,21-22H2,1-3,5-10H3,(H,44,46)(H,47,48). The van der Waals surface area contributed by atoms with E-state index in [1.165, 1.54) is 16.7 Å². The number of pyridine rings is 1. The highest BCUT2D eigenvalue weighted by atomic mass is 16.5. The molecule has 5 aliphatic rings. The highest BCUT2D eigenvalue weighted by molar-refractivity contribution is 5.96. The van der Waals surface area contributed by atoms with E-state index in [0.29, 0.717) is 35.2 Å². The van der Waals surface area contributed by atoms with Crippen LogP contribution in [0.4, 0.5) is 0 Å². The molecule has 8 atom stereocenters. The van der Waals surface area contributed by atoms with Crippen LogP contribution in [0.25, 0.3) is 0 Å². The number of esters is 1. The number of rotatable bonds is 7. The van der Waals surface area contributed by atoms with Crippen LogP contribution in [0.1, 0.15) is 136 Å². The van der Waals surface area contributed by atoms with Crippen molar-refractivity contribution in [2.24, 2.45) is 51.2 Å². The fourth-order valence-corrected chi connectivity index (χ4v) is 12.5. The molecule has 2 N–H and O–H groups in total. The number of carbonyl (C=O) groups is 3. The second kappa shape index (κ2) is 12.1. The number of amides is 1. The van der Waals surface area contributed by atoms with Gasteiger partial charge in [-0.15, -0.1) is 0 Å². The van der Waals surface area contributed by atoms with Gasteiger partial charge in [-0.05, 0) is 147 Å². The number of carbonyl (C=O) groups excluding carboxylic acids is 2. The summed E-state index contributed by atoms with van der Waals surface area (Å²) in [7, 11) is 0. The Kier molecular flexibility index (Phi) is 8.84. The molecule has 0 aromatic carbocycles. The zero-order valence-electron chi connectivity index (χ0n) is 31.5. The van der Waals surface area contributed by atoms with Gasteiger partial charge in [0, 0.05) is 17.8 Å². The molecule has 1 aromatic rings. The number of hydrogen-bond acceptors (Lipinski definition) is 5. The van der Waals surface area contributed by atoms with Gasteiger partial charge in [0.1, 0.15) is 6.10 Å². The average molecular weight is 673 g/mol. The van der Waals surface area contributed by atoms with Gasteiger partial charge in [-0.3, -0.25) is 19.4 Å². The molecule has 0 radical (unpaired) electrons. The molecule has 6 rings (SSSR count). The van der Waals surface area contributed by atoms with Crippen molar-refractivity contribution in [1.82, 2.24) is 10.3 Å². The minimum absolute atomic E-state index is 0.0292. The number of nitrogens with zero attached hydrogens (tertiary/aromatic N) is 1. The summed E-state index contributed by atoms with van der Waals surface area (Å²) < 4.78 is 6.15. The summed E-state index contributed by atoms with van der Waals surface area (Å²) in [5, 5.41) is 13.2. The Morgan fingerprint density at radius 2 is 1.71 bits per heavy atom. The number of carboxylic acid groups (broad SMARTS) is 1. The molecule has 1 heterocycles. The van der Waals surface area contributed by atoms with Crippen LogP contribution < -0.4 is 5.32 Å². The largest absolute Gasteiger partial charge is 0.481 e. The van der Waals surface area contributed by atoms with E-state index in [2.05, 4.69) is 58.4 Å². The van der Waals surface area contributed by atoms with Gasteiger partial charge in [-0.1, -0.05) is 48.1 Å². The maximum atomic E-state index is 13.9.